The highest BCUT2D eigenvalue weighted by atomic mass is 16.4. The summed E-state index contributed by atoms with van der Waals surface area (Å²) in [4.78, 5) is 11.1. The second-order valence-corrected chi connectivity index (χ2v) is 11.6. The molecule has 158 valence electrons. The van der Waals surface area contributed by atoms with Crippen molar-refractivity contribution in [2.24, 2.45) is 40.4 Å². The number of carboxylic acids is 1. The molecule has 0 unspecified atom stereocenters. The highest BCUT2D eigenvalue weighted by molar-refractivity contribution is 5.66. The standard InChI is InChI=1S/C25H40O3/c1-16(5-10-22(26)27)19-8-9-20-18-7-6-17-15-23(2,28)13-14-24(17,3)21(18)11-12-25(19,20)4/h6,16,18-21,28H,5,7-15H2,1-4H3,(H,26,27)/t16-,18+,19-,20+,21+,23+,24+,25-/m1/s1. The van der Waals surface area contributed by atoms with Crippen LogP contribution >= 0.6 is 0 Å². The molecule has 4 rings (SSSR count). The Bertz CT molecular complexity index is 665. The van der Waals surface area contributed by atoms with Crippen LogP contribution in [0.5, 0.6) is 0 Å². The summed E-state index contributed by atoms with van der Waals surface area (Å²) >= 11 is 0. The van der Waals surface area contributed by atoms with Crippen LogP contribution in [-0.2, 0) is 4.79 Å². The number of rotatable bonds is 4. The topological polar surface area (TPSA) is 57.5 Å². The molecule has 0 aromatic rings. The zero-order valence-electron chi connectivity index (χ0n) is 18.3. The zero-order chi connectivity index (χ0) is 20.3. The van der Waals surface area contributed by atoms with E-state index in [1.807, 2.05) is 6.92 Å². The first-order valence-electron chi connectivity index (χ1n) is 11.7. The van der Waals surface area contributed by atoms with Crippen molar-refractivity contribution in [1.82, 2.24) is 0 Å². The van der Waals surface area contributed by atoms with Crippen molar-refractivity contribution in [2.45, 2.75) is 97.5 Å². The van der Waals surface area contributed by atoms with E-state index in [1.54, 1.807) is 0 Å². The molecule has 0 bridgehead atoms. The highest BCUT2D eigenvalue weighted by Gasteiger charge is 2.59. The monoisotopic (exact) mass is 388 g/mol. The molecule has 0 amide bonds. The van der Waals surface area contributed by atoms with Crippen molar-refractivity contribution < 1.29 is 15.0 Å². The third-order valence-electron chi connectivity index (χ3n) is 9.95. The first kappa shape index (κ1) is 20.4. The Hall–Kier alpha value is -0.830. The average Bonchev–Trinajstić information content (AvgIpc) is 2.97. The number of fused-ring (bicyclic) bond motifs is 5. The summed E-state index contributed by atoms with van der Waals surface area (Å²) in [5.74, 6) is 2.89. The number of allylic oxidation sites excluding steroid dienone is 1. The van der Waals surface area contributed by atoms with E-state index >= 15 is 0 Å². The third kappa shape index (κ3) is 3.16. The van der Waals surface area contributed by atoms with Crippen molar-refractivity contribution in [3.05, 3.63) is 11.6 Å². The number of hydrogen-bond donors (Lipinski definition) is 2. The van der Waals surface area contributed by atoms with Crippen LogP contribution in [0.3, 0.4) is 0 Å². The van der Waals surface area contributed by atoms with E-state index in [-0.39, 0.29) is 0 Å². The molecule has 0 heterocycles. The molecule has 3 saturated carbocycles. The molecule has 2 N–H and O–H groups in total. The molecule has 0 radical (unpaired) electrons. The van der Waals surface area contributed by atoms with Gasteiger partial charge in [-0.3, -0.25) is 4.79 Å². The second-order valence-electron chi connectivity index (χ2n) is 11.6. The van der Waals surface area contributed by atoms with Gasteiger partial charge in [-0.15, -0.1) is 0 Å². The van der Waals surface area contributed by atoms with Gasteiger partial charge in [-0.1, -0.05) is 32.4 Å². The van der Waals surface area contributed by atoms with Crippen LogP contribution in [0.1, 0.15) is 91.9 Å². The van der Waals surface area contributed by atoms with E-state index in [0.717, 1.165) is 43.4 Å². The van der Waals surface area contributed by atoms with Gasteiger partial charge in [0.2, 0.25) is 0 Å². The normalized spacial score (nSPS) is 48.8. The predicted octanol–water partition coefficient (Wildman–Crippen LogP) is 5.82. The lowest BCUT2D eigenvalue weighted by Gasteiger charge is -2.59. The molecule has 0 saturated heterocycles. The summed E-state index contributed by atoms with van der Waals surface area (Å²) in [6.07, 6.45) is 13.0. The van der Waals surface area contributed by atoms with Crippen LogP contribution in [0.2, 0.25) is 0 Å². The molecule has 4 aliphatic rings. The molecule has 3 fully saturated rings. The van der Waals surface area contributed by atoms with Crippen molar-refractivity contribution in [2.75, 3.05) is 0 Å². The van der Waals surface area contributed by atoms with Crippen LogP contribution < -0.4 is 0 Å². The average molecular weight is 389 g/mol. The molecule has 3 heteroatoms. The number of aliphatic carboxylic acids is 1. The molecular formula is C25H40O3. The first-order chi connectivity index (χ1) is 13.1. The van der Waals surface area contributed by atoms with Crippen molar-refractivity contribution in [3.63, 3.8) is 0 Å². The van der Waals surface area contributed by atoms with Crippen LogP contribution in [0.4, 0.5) is 0 Å². The van der Waals surface area contributed by atoms with Crippen molar-refractivity contribution >= 4 is 5.97 Å². The number of aliphatic hydroxyl groups is 1. The summed E-state index contributed by atoms with van der Waals surface area (Å²) in [7, 11) is 0. The van der Waals surface area contributed by atoms with Crippen molar-refractivity contribution in [1.29, 1.82) is 0 Å². The molecule has 0 aliphatic heterocycles. The maximum Gasteiger partial charge on any atom is 0.303 e. The third-order valence-corrected chi connectivity index (χ3v) is 9.95. The molecule has 28 heavy (non-hydrogen) atoms. The number of hydrogen-bond acceptors (Lipinski definition) is 2. The Kier molecular flexibility index (Phi) is 5.01. The van der Waals surface area contributed by atoms with Gasteiger partial charge in [0.1, 0.15) is 0 Å². The fourth-order valence-corrected chi connectivity index (χ4v) is 8.33. The van der Waals surface area contributed by atoms with Crippen molar-refractivity contribution in [3.8, 4) is 0 Å². The Morgan fingerprint density at radius 3 is 2.61 bits per heavy atom. The van der Waals surface area contributed by atoms with Gasteiger partial charge in [0.15, 0.2) is 0 Å². The van der Waals surface area contributed by atoms with Crippen LogP contribution in [-0.4, -0.2) is 21.8 Å². The fourth-order valence-electron chi connectivity index (χ4n) is 8.33. The Morgan fingerprint density at radius 2 is 1.89 bits per heavy atom. The molecule has 8 atom stereocenters. The maximum absolute atomic E-state index is 11.1. The molecule has 0 spiro atoms. The van der Waals surface area contributed by atoms with Gasteiger partial charge in [-0.2, -0.15) is 0 Å². The van der Waals surface area contributed by atoms with E-state index in [4.69, 9.17) is 5.11 Å². The van der Waals surface area contributed by atoms with Crippen LogP contribution in [0.15, 0.2) is 11.6 Å². The Labute approximate surface area is 171 Å². The highest BCUT2D eigenvalue weighted by Crippen LogP contribution is 2.67. The Balaban J connectivity index is 1.55. The van der Waals surface area contributed by atoms with E-state index < -0.39 is 11.6 Å². The summed E-state index contributed by atoms with van der Waals surface area (Å²) in [5, 5.41) is 19.7. The van der Waals surface area contributed by atoms with Gasteiger partial charge >= 0.3 is 5.97 Å². The van der Waals surface area contributed by atoms with E-state index in [1.165, 1.54) is 37.7 Å². The van der Waals surface area contributed by atoms with E-state index in [9.17, 15) is 9.90 Å². The van der Waals surface area contributed by atoms with E-state index in [2.05, 4.69) is 26.8 Å². The second kappa shape index (κ2) is 6.86. The van der Waals surface area contributed by atoms with Crippen LogP contribution in [0.25, 0.3) is 0 Å². The molecular weight excluding hydrogens is 348 g/mol. The minimum absolute atomic E-state index is 0.291. The van der Waals surface area contributed by atoms with Gasteiger partial charge in [0.25, 0.3) is 0 Å². The lowest BCUT2D eigenvalue weighted by atomic mass is 9.46. The molecule has 0 aromatic heterocycles. The number of carboxylic acid groups (broad SMARTS) is 1. The smallest absolute Gasteiger partial charge is 0.303 e. The molecule has 0 aromatic carbocycles. The molecule has 4 aliphatic carbocycles. The SMILES string of the molecule is C[C@H](CCC(=O)O)[C@H]1CC[C@H]2[C@@H]3CC=C4C[C@@](C)(O)CC[C@]4(C)[C@H]3CC[C@]12C. The minimum Gasteiger partial charge on any atom is -0.481 e. The van der Waals surface area contributed by atoms with Gasteiger partial charge in [0, 0.05) is 6.42 Å². The first-order valence-corrected chi connectivity index (χ1v) is 11.7. The summed E-state index contributed by atoms with van der Waals surface area (Å²) in [5.41, 5.74) is 1.71. The number of carbonyl (C=O) groups is 1. The zero-order valence-corrected chi connectivity index (χ0v) is 18.3. The maximum atomic E-state index is 11.1. The van der Waals surface area contributed by atoms with Gasteiger partial charge in [-0.05, 0) is 105 Å². The largest absolute Gasteiger partial charge is 0.481 e. The molecule has 3 nitrogen and oxygen atoms in total. The Morgan fingerprint density at radius 1 is 1.14 bits per heavy atom. The summed E-state index contributed by atoms with van der Waals surface area (Å²) in [6, 6.07) is 0. The van der Waals surface area contributed by atoms with E-state index in [0.29, 0.717) is 29.1 Å². The summed E-state index contributed by atoms with van der Waals surface area (Å²) < 4.78 is 0. The van der Waals surface area contributed by atoms with Gasteiger partial charge in [-0.25, -0.2) is 0 Å². The van der Waals surface area contributed by atoms with Gasteiger partial charge in [0.05, 0.1) is 5.60 Å². The predicted molar refractivity (Wildman–Crippen MR) is 112 cm³/mol. The minimum atomic E-state index is -0.652. The quantitative estimate of drug-likeness (QED) is 0.597. The van der Waals surface area contributed by atoms with Gasteiger partial charge < -0.3 is 10.2 Å². The lowest BCUT2D eigenvalue weighted by Crippen LogP contribution is -2.52. The summed E-state index contributed by atoms with van der Waals surface area (Å²) in [6.45, 7) is 9.35. The lowest BCUT2D eigenvalue weighted by molar-refractivity contribution is -0.137. The fraction of sp³-hybridized carbons (Fsp3) is 0.880. The van der Waals surface area contributed by atoms with Crippen LogP contribution in [0, 0.1) is 40.4 Å².